The van der Waals surface area contributed by atoms with Crippen LogP contribution in [0.5, 0.6) is 11.5 Å². The van der Waals surface area contributed by atoms with Crippen LogP contribution in [0.25, 0.3) is 44.7 Å². The van der Waals surface area contributed by atoms with E-state index in [4.69, 9.17) is 30.3 Å². The van der Waals surface area contributed by atoms with Crippen LogP contribution in [0.2, 0.25) is 0 Å². The Bertz CT molecular complexity index is 2090. The summed E-state index contributed by atoms with van der Waals surface area (Å²) < 4.78 is 13.5. The summed E-state index contributed by atoms with van der Waals surface area (Å²) in [6.07, 6.45) is 6.70. The molecule has 0 atom stereocenters. The lowest BCUT2D eigenvalue weighted by atomic mass is 9.97. The molecule has 1 saturated heterocycles. The normalized spacial score (nSPS) is 13.8. The van der Waals surface area contributed by atoms with E-state index in [0.717, 1.165) is 93.5 Å². The van der Waals surface area contributed by atoms with Gasteiger partial charge >= 0.3 is 0 Å². The Hall–Kier alpha value is -5.42. The summed E-state index contributed by atoms with van der Waals surface area (Å²) >= 11 is 0. The monoisotopic (exact) mass is 657 g/mol. The number of hydrogen-bond donors (Lipinski definition) is 2. The van der Waals surface area contributed by atoms with Gasteiger partial charge in [-0.1, -0.05) is 24.3 Å². The zero-order valence-corrected chi connectivity index (χ0v) is 28.8. The number of H-pyrrole nitrogens is 1. The maximum atomic E-state index is 6.24. The van der Waals surface area contributed by atoms with Gasteiger partial charge in [-0.05, 0) is 64.2 Å². The number of hydrogen-bond acceptors (Lipinski definition) is 9. The number of piperidine rings is 1. The maximum Gasteiger partial charge on any atom is 0.220 e. The van der Waals surface area contributed by atoms with Gasteiger partial charge in [-0.15, -0.1) is 0 Å². The van der Waals surface area contributed by atoms with Crippen LogP contribution in [0, 0.1) is 0 Å². The molecule has 252 valence electrons. The van der Waals surface area contributed by atoms with Crippen molar-refractivity contribution in [2.45, 2.75) is 38.8 Å². The highest BCUT2D eigenvalue weighted by molar-refractivity contribution is 5.92. The number of para-hydroxylation sites is 1. The second-order valence-electron chi connectivity index (χ2n) is 12.7. The lowest BCUT2D eigenvalue weighted by Crippen LogP contribution is -2.41. The maximum absolute atomic E-state index is 6.24. The standard InChI is InChI=1S/C38H43N9O2/c1-6-47-23-30(36(44-47)25-11-14-31-32(19-25)42-35(41-31)20-24-9-7-8-10-33(24)48-4)37-29(22-40-38(39)43-37)28-13-12-27(21-34(28)49-5)46-17-15-26(16-18-46)45(2)3/h7-14,19,21-23,26H,6,15-18,20H2,1-5H3,(H,41,42)(H2,39,40,43). The van der Waals surface area contributed by atoms with Crippen LogP contribution >= 0.6 is 0 Å². The van der Waals surface area contributed by atoms with Gasteiger partial charge in [0.05, 0.1) is 30.9 Å². The van der Waals surface area contributed by atoms with Gasteiger partial charge < -0.3 is 30.0 Å². The van der Waals surface area contributed by atoms with Gasteiger partial charge in [-0.3, -0.25) is 4.68 Å². The summed E-state index contributed by atoms with van der Waals surface area (Å²) in [6, 6.07) is 21.2. The topological polar surface area (TPSA) is 123 Å². The summed E-state index contributed by atoms with van der Waals surface area (Å²) in [5.41, 5.74) is 15.3. The van der Waals surface area contributed by atoms with Crippen molar-refractivity contribution in [2.24, 2.45) is 0 Å². The number of fused-ring (bicyclic) bond motifs is 1. The van der Waals surface area contributed by atoms with Crippen LogP contribution < -0.4 is 20.1 Å². The number of benzene rings is 3. The van der Waals surface area contributed by atoms with E-state index in [1.54, 1.807) is 20.4 Å². The van der Waals surface area contributed by atoms with Crippen molar-refractivity contribution in [3.8, 4) is 45.1 Å². The van der Waals surface area contributed by atoms with Crippen molar-refractivity contribution in [2.75, 3.05) is 52.0 Å². The molecule has 0 amide bonds. The molecule has 0 bridgehead atoms. The molecule has 11 nitrogen and oxygen atoms in total. The number of aryl methyl sites for hydroxylation is 1. The third kappa shape index (κ3) is 6.41. The van der Waals surface area contributed by atoms with Gasteiger partial charge in [0.25, 0.3) is 0 Å². The Kier molecular flexibility index (Phi) is 8.92. The van der Waals surface area contributed by atoms with Crippen molar-refractivity contribution in [3.05, 3.63) is 84.4 Å². The van der Waals surface area contributed by atoms with E-state index < -0.39 is 0 Å². The highest BCUT2D eigenvalue weighted by Gasteiger charge is 2.24. The third-order valence-corrected chi connectivity index (χ3v) is 9.54. The zero-order valence-electron chi connectivity index (χ0n) is 28.8. The number of ether oxygens (including phenoxy) is 2. The van der Waals surface area contributed by atoms with Crippen LogP contribution in [-0.4, -0.2) is 82.1 Å². The fourth-order valence-electron chi connectivity index (χ4n) is 6.83. The van der Waals surface area contributed by atoms with Gasteiger partial charge in [0.2, 0.25) is 5.95 Å². The van der Waals surface area contributed by atoms with Crippen molar-refractivity contribution in [1.82, 2.24) is 34.6 Å². The van der Waals surface area contributed by atoms with Crippen LogP contribution in [0.1, 0.15) is 31.2 Å². The second-order valence-corrected chi connectivity index (χ2v) is 12.7. The van der Waals surface area contributed by atoms with E-state index in [2.05, 4.69) is 77.2 Å². The Morgan fingerprint density at radius 2 is 1.69 bits per heavy atom. The van der Waals surface area contributed by atoms with Gasteiger partial charge in [0.15, 0.2) is 0 Å². The molecule has 1 aliphatic rings. The molecule has 0 saturated carbocycles. The fraction of sp³-hybridized carbons (Fsp3) is 0.316. The Morgan fingerprint density at radius 1 is 0.898 bits per heavy atom. The number of imidazole rings is 1. The molecule has 0 aliphatic carbocycles. The number of anilines is 2. The van der Waals surface area contributed by atoms with E-state index in [1.165, 1.54) is 0 Å². The van der Waals surface area contributed by atoms with E-state index in [-0.39, 0.29) is 5.95 Å². The molecular formula is C38H43N9O2. The molecule has 7 rings (SSSR count). The Balaban J connectivity index is 1.25. The average molecular weight is 658 g/mol. The first-order chi connectivity index (χ1) is 23.8. The van der Waals surface area contributed by atoms with Crippen LogP contribution in [0.4, 0.5) is 11.6 Å². The van der Waals surface area contributed by atoms with Crippen molar-refractivity contribution < 1.29 is 9.47 Å². The summed E-state index contributed by atoms with van der Waals surface area (Å²) in [6.45, 7) is 4.77. The molecule has 4 heterocycles. The number of nitrogens with two attached hydrogens (primary N) is 1. The average Bonchev–Trinajstić information content (AvgIpc) is 3.75. The number of aromatic amines is 1. The molecule has 0 unspecified atom stereocenters. The highest BCUT2D eigenvalue weighted by atomic mass is 16.5. The first kappa shape index (κ1) is 32.1. The summed E-state index contributed by atoms with van der Waals surface area (Å²) in [4.78, 5) is 22.4. The van der Waals surface area contributed by atoms with Gasteiger partial charge in [0, 0.05) is 84.1 Å². The summed E-state index contributed by atoms with van der Waals surface area (Å²) in [7, 11) is 7.72. The number of rotatable bonds is 10. The molecule has 11 heteroatoms. The van der Waals surface area contributed by atoms with Crippen molar-refractivity contribution in [3.63, 3.8) is 0 Å². The van der Waals surface area contributed by atoms with E-state index in [1.807, 2.05) is 35.1 Å². The largest absolute Gasteiger partial charge is 0.496 e. The SMILES string of the molecule is CCn1cc(-c2nc(N)ncc2-c2ccc(N3CCC(N(C)C)CC3)cc2OC)c(-c2ccc3nc(Cc4ccccc4OC)[nH]c3c2)n1. The summed E-state index contributed by atoms with van der Waals surface area (Å²) in [5.74, 6) is 2.65. The number of nitrogens with zero attached hydrogens (tertiary/aromatic N) is 7. The lowest BCUT2D eigenvalue weighted by Gasteiger charge is -2.36. The first-order valence-corrected chi connectivity index (χ1v) is 16.8. The molecular weight excluding hydrogens is 614 g/mol. The molecule has 0 radical (unpaired) electrons. The lowest BCUT2D eigenvalue weighted by molar-refractivity contribution is 0.249. The number of nitrogens with one attached hydrogen (secondary N) is 1. The van der Waals surface area contributed by atoms with Gasteiger partial charge in [0.1, 0.15) is 23.0 Å². The minimum Gasteiger partial charge on any atom is -0.496 e. The first-order valence-electron chi connectivity index (χ1n) is 16.8. The minimum absolute atomic E-state index is 0.193. The molecule has 3 N–H and O–H groups in total. The van der Waals surface area contributed by atoms with E-state index >= 15 is 0 Å². The van der Waals surface area contributed by atoms with E-state index in [9.17, 15) is 0 Å². The molecule has 6 aromatic rings. The highest BCUT2D eigenvalue weighted by Crippen LogP contribution is 2.41. The molecule has 0 spiro atoms. The smallest absolute Gasteiger partial charge is 0.220 e. The van der Waals surface area contributed by atoms with Crippen LogP contribution in [0.15, 0.2) is 73.1 Å². The number of methoxy groups -OCH3 is 2. The van der Waals surface area contributed by atoms with Gasteiger partial charge in [-0.2, -0.15) is 5.10 Å². The minimum atomic E-state index is 0.193. The predicted octanol–water partition coefficient (Wildman–Crippen LogP) is 6.29. The Labute approximate surface area is 286 Å². The molecule has 3 aromatic heterocycles. The van der Waals surface area contributed by atoms with Crippen molar-refractivity contribution >= 4 is 22.7 Å². The molecule has 3 aromatic carbocycles. The molecule has 49 heavy (non-hydrogen) atoms. The van der Waals surface area contributed by atoms with E-state index in [0.29, 0.717) is 24.7 Å². The second kappa shape index (κ2) is 13.6. The quantitative estimate of drug-likeness (QED) is 0.175. The van der Waals surface area contributed by atoms with Crippen LogP contribution in [0.3, 0.4) is 0 Å². The van der Waals surface area contributed by atoms with Crippen molar-refractivity contribution in [1.29, 1.82) is 0 Å². The number of aromatic nitrogens is 6. The summed E-state index contributed by atoms with van der Waals surface area (Å²) in [5, 5.41) is 5.00. The Morgan fingerprint density at radius 3 is 2.45 bits per heavy atom. The zero-order chi connectivity index (χ0) is 34.1. The molecule has 1 fully saturated rings. The number of nitrogen functional groups attached to an aromatic ring is 1. The molecule has 1 aliphatic heterocycles. The predicted molar refractivity (Wildman–Crippen MR) is 195 cm³/mol. The fourth-order valence-corrected chi connectivity index (χ4v) is 6.83. The van der Waals surface area contributed by atoms with Crippen LogP contribution in [-0.2, 0) is 13.0 Å². The van der Waals surface area contributed by atoms with Gasteiger partial charge in [-0.25, -0.2) is 15.0 Å². The third-order valence-electron chi connectivity index (χ3n) is 9.54.